The Labute approximate surface area is 98.8 Å². The van der Waals surface area contributed by atoms with E-state index >= 15 is 0 Å². The summed E-state index contributed by atoms with van der Waals surface area (Å²) in [5.41, 5.74) is 7.11. The molecule has 1 nitrogen and oxygen atoms in total. The van der Waals surface area contributed by atoms with Crippen LogP contribution in [0.2, 0.25) is 5.02 Å². The van der Waals surface area contributed by atoms with Crippen LogP contribution < -0.4 is 5.73 Å². The lowest BCUT2D eigenvalue weighted by molar-refractivity contribution is 0.449. The SMILES string of the molecule is CCC(C)(N)Cc1cc(Cl)ccc1Br. The predicted molar refractivity (Wildman–Crippen MR) is 65.7 cm³/mol. The van der Waals surface area contributed by atoms with Gasteiger partial charge in [-0.05, 0) is 43.5 Å². The first-order valence-electron chi connectivity index (χ1n) is 4.67. The molecule has 0 fully saturated rings. The Hall–Kier alpha value is -0.0500. The van der Waals surface area contributed by atoms with E-state index in [0.29, 0.717) is 0 Å². The Morgan fingerprint density at radius 3 is 2.71 bits per heavy atom. The van der Waals surface area contributed by atoms with Crippen LogP contribution in [0.1, 0.15) is 25.8 Å². The number of benzene rings is 1. The average molecular weight is 277 g/mol. The van der Waals surface area contributed by atoms with E-state index in [4.69, 9.17) is 17.3 Å². The van der Waals surface area contributed by atoms with Gasteiger partial charge in [0.1, 0.15) is 0 Å². The summed E-state index contributed by atoms with van der Waals surface area (Å²) in [6.45, 7) is 4.15. The summed E-state index contributed by atoms with van der Waals surface area (Å²) >= 11 is 9.43. The summed E-state index contributed by atoms with van der Waals surface area (Å²) in [6, 6.07) is 5.80. The molecule has 2 N–H and O–H groups in total. The van der Waals surface area contributed by atoms with Crippen LogP contribution >= 0.6 is 27.5 Å². The van der Waals surface area contributed by atoms with Crippen molar-refractivity contribution in [1.82, 2.24) is 0 Å². The Bertz CT molecular complexity index is 323. The summed E-state index contributed by atoms with van der Waals surface area (Å²) in [6.07, 6.45) is 1.79. The molecule has 0 spiro atoms. The Balaban J connectivity index is 2.91. The first-order chi connectivity index (χ1) is 6.44. The maximum absolute atomic E-state index is 6.10. The van der Waals surface area contributed by atoms with Gasteiger partial charge in [0, 0.05) is 15.0 Å². The summed E-state index contributed by atoms with van der Waals surface area (Å²) < 4.78 is 1.08. The van der Waals surface area contributed by atoms with Gasteiger partial charge in [0.25, 0.3) is 0 Å². The summed E-state index contributed by atoms with van der Waals surface area (Å²) in [5, 5.41) is 0.759. The van der Waals surface area contributed by atoms with Gasteiger partial charge < -0.3 is 5.73 Å². The molecule has 0 saturated heterocycles. The van der Waals surface area contributed by atoms with Crippen LogP contribution in [0.15, 0.2) is 22.7 Å². The van der Waals surface area contributed by atoms with Crippen LogP contribution in [0.5, 0.6) is 0 Å². The molecule has 0 aromatic heterocycles. The van der Waals surface area contributed by atoms with Crippen LogP contribution in [0.25, 0.3) is 0 Å². The van der Waals surface area contributed by atoms with Gasteiger partial charge >= 0.3 is 0 Å². The first-order valence-corrected chi connectivity index (χ1v) is 5.84. The topological polar surface area (TPSA) is 26.0 Å². The molecular weight excluding hydrogens is 261 g/mol. The van der Waals surface area contributed by atoms with Crippen molar-refractivity contribution in [1.29, 1.82) is 0 Å². The number of nitrogens with two attached hydrogens (primary N) is 1. The summed E-state index contributed by atoms with van der Waals surface area (Å²) in [5.74, 6) is 0. The number of hydrogen-bond donors (Lipinski definition) is 1. The number of halogens is 2. The molecule has 0 aliphatic rings. The Morgan fingerprint density at radius 2 is 2.14 bits per heavy atom. The number of hydrogen-bond acceptors (Lipinski definition) is 1. The van der Waals surface area contributed by atoms with Crippen molar-refractivity contribution in [2.75, 3.05) is 0 Å². The maximum atomic E-state index is 6.10. The van der Waals surface area contributed by atoms with Gasteiger partial charge in [0.2, 0.25) is 0 Å². The second-order valence-electron chi connectivity index (χ2n) is 3.92. The standard InChI is InChI=1S/C11H15BrClN/c1-3-11(2,14)7-8-6-9(13)4-5-10(8)12/h4-6H,3,7,14H2,1-2H3. The highest BCUT2D eigenvalue weighted by atomic mass is 79.9. The zero-order valence-electron chi connectivity index (χ0n) is 8.48. The van der Waals surface area contributed by atoms with Gasteiger partial charge in [-0.3, -0.25) is 0 Å². The molecule has 1 unspecified atom stereocenters. The van der Waals surface area contributed by atoms with Gasteiger partial charge in [-0.15, -0.1) is 0 Å². The van der Waals surface area contributed by atoms with Crippen molar-refractivity contribution in [3.8, 4) is 0 Å². The summed E-state index contributed by atoms with van der Waals surface area (Å²) in [4.78, 5) is 0. The van der Waals surface area contributed by atoms with E-state index in [1.165, 1.54) is 5.56 Å². The van der Waals surface area contributed by atoms with Gasteiger partial charge in [-0.25, -0.2) is 0 Å². The van der Waals surface area contributed by atoms with Crippen LogP contribution in [0.3, 0.4) is 0 Å². The summed E-state index contributed by atoms with van der Waals surface area (Å²) in [7, 11) is 0. The second kappa shape index (κ2) is 4.65. The van der Waals surface area contributed by atoms with Gasteiger partial charge in [0.15, 0.2) is 0 Å². The van der Waals surface area contributed by atoms with Gasteiger partial charge in [-0.2, -0.15) is 0 Å². The molecular formula is C11H15BrClN. The fraction of sp³-hybridized carbons (Fsp3) is 0.455. The van der Waals surface area contributed by atoms with E-state index in [9.17, 15) is 0 Å². The molecule has 0 aliphatic heterocycles. The monoisotopic (exact) mass is 275 g/mol. The Kier molecular flexibility index (Phi) is 3.99. The lowest BCUT2D eigenvalue weighted by atomic mass is 9.91. The zero-order chi connectivity index (χ0) is 10.8. The van der Waals surface area contributed by atoms with Crippen LogP contribution in [-0.4, -0.2) is 5.54 Å². The van der Waals surface area contributed by atoms with Crippen molar-refractivity contribution in [3.05, 3.63) is 33.3 Å². The van der Waals surface area contributed by atoms with Crippen LogP contribution in [0.4, 0.5) is 0 Å². The smallest absolute Gasteiger partial charge is 0.0409 e. The molecule has 0 heterocycles. The molecule has 0 amide bonds. The lowest BCUT2D eigenvalue weighted by Crippen LogP contribution is -2.37. The molecule has 1 rings (SSSR count). The molecule has 0 bridgehead atoms. The van der Waals surface area contributed by atoms with E-state index in [1.54, 1.807) is 0 Å². The number of rotatable bonds is 3. The zero-order valence-corrected chi connectivity index (χ0v) is 10.8. The van der Waals surface area contributed by atoms with E-state index in [1.807, 2.05) is 18.2 Å². The quantitative estimate of drug-likeness (QED) is 0.893. The van der Waals surface area contributed by atoms with Crippen molar-refractivity contribution in [2.45, 2.75) is 32.2 Å². The predicted octanol–water partition coefficient (Wildman–Crippen LogP) is 3.77. The molecule has 0 radical (unpaired) electrons. The van der Waals surface area contributed by atoms with Crippen molar-refractivity contribution < 1.29 is 0 Å². The molecule has 1 atom stereocenters. The fourth-order valence-electron chi connectivity index (χ4n) is 1.24. The molecule has 3 heteroatoms. The highest BCUT2D eigenvalue weighted by Gasteiger charge is 2.17. The van der Waals surface area contributed by atoms with Crippen molar-refractivity contribution in [2.24, 2.45) is 5.73 Å². The largest absolute Gasteiger partial charge is 0.325 e. The molecule has 1 aromatic rings. The molecule has 1 aromatic carbocycles. The first kappa shape index (κ1) is 12.0. The highest BCUT2D eigenvalue weighted by Crippen LogP contribution is 2.25. The van der Waals surface area contributed by atoms with Gasteiger partial charge in [-0.1, -0.05) is 34.5 Å². The normalized spacial score (nSPS) is 15.2. The minimum atomic E-state index is -0.160. The third-order valence-corrected chi connectivity index (χ3v) is 3.42. The van der Waals surface area contributed by atoms with E-state index in [2.05, 4.69) is 29.8 Å². The van der Waals surface area contributed by atoms with Gasteiger partial charge in [0.05, 0.1) is 0 Å². The molecule has 0 saturated carbocycles. The third kappa shape index (κ3) is 3.26. The minimum Gasteiger partial charge on any atom is -0.325 e. The fourth-order valence-corrected chi connectivity index (χ4v) is 1.82. The maximum Gasteiger partial charge on any atom is 0.0409 e. The minimum absolute atomic E-state index is 0.160. The molecule has 0 aliphatic carbocycles. The molecule has 78 valence electrons. The third-order valence-electron chi connectivity index (χ3n) is 2.41. The second-order valence-corrected chi connectivity index (χ2v) is 5.21. The molecule has 14 heavy (non-hydrogen) atoms. The highest BCUT2D eigenvalue weighted by molar-refractivity contribution is 9.10. The Morgan fingerprint density at radius 1 is 1.50 bits per heavy atom. The van der Waals surface area contributed by atoms with E-state index < -0.39 is 0 Å². The lowest BCUT2D eigenvalue weighted by Gasteiger charge is -2.23. The van der Waals surface area contributed by atoms with E-state index in [0.717, 1.165) is 22.3 Å². The van der Waals surface area contributed by atoms with Crippen molar-refractivity contribution >= 4 is 27.5 Å². The van der Waals surface area contributed by atoms with Crippen molar-refractivity contribution in [3.63, 3.8) is 0 Å². The van der Waals surface area contributed by atoms with Crippen LogP contribution in [-0.2, 0) is 6.42 Å². The average Bonchev–Trinajstić information content (AvgIpc) is 2.11. The van der Waals surface area contributed by atoms with Crippen LogP contribution in [0, 0.1) is 0 Å². The van der Waals surface area contributed by atoms with E-state index in [-0.39, 0.29) is 5.54 Å².